The molecular weight excluding hydrogens is 485 g/mol. The van der Waals surface area contributed by atoms with Gasteiger partial charge in [0, 0.05) is 25.0 Å². The Labute approximate surface area is 208 Å². The van der Waals surface area contributed by atoms with Gasteiger partial charge >= 0.3 is 5.69 Å². The zero-order chi connectivity index (χ0) is 25.7. The Hall–Kier alpha value is -4.48. The minimum Gasteiger partial charge on any atom is -0.344 e. The molecule has 5 aromatic rings. The maximum absolute atomic E-state index is 13.5. The zero-order valence-electron chi connectivity index (χ0n) is 19.7. The Morgan fingerprint density at radius 1 is 1.08 bits per heavy atom. The van der Waals surface area contributed by atoms with Gasteiger partial charge in [0.2, 0.25) is 0 Å². The molecule has 9 nitrogen and oxygen atoms in total. The van der Waals surface area contributed by atoms with Crippen molar-refractivity contribution in [2.24, 2.45) is 7.05 Å². The third-order valence-corrected chi connectivity index (χ3v) is 6.30. The van der Waals surface area contributed by atoms with E-state index in [1.807, 2.05) is 24.3 Å². The van der Waals surface area contributed by atoms with Gasteiger partial charge in [-0.2, -0.15) is 0 Å². The Balaban J connectivity index is 1.32. The van der Waals surface area contributed by atoms with E-state index in [1.165, 1.54) is 21.9 Å². The number of hydrogen-bond donors (Lipinski definition) is 1. The number of alkyl halides is 3. The van der Waals surface area contributed by atoms with Crippen molar-refractivity contribution in [2.75, 3.05) is 18.0 Å². The van der Waals surface area contributed by atoms with Crippen LogP contribution in [0.5, 0.6) is 0 Å². The van der Waals surface area contributed by atoms with E-state index in [0.717, 1.165) is 11.1 Å². The van der Waals surface area contributed by atoms with Gasteiger partial charge < -0.3 is 14.5 Å². The third kappa shape index (κ3) is 4.13. The first-order valence-corrected chi connectivity index (χ1v) is 11.5. The minimum absolute atomic E-state index is 0.240. The van der Waals surface area contributed by atoms with Crippen molar-refractivity contribution in [3.8, 4) is 22.8 Å². The quantitative estimate of drug-likeness (QED) is 0.378. The number of rotatable bonds is 6. The molecule has 0 atom stereocenters. The molecule has 0 aliphatic carbocycles. The van der Waals surface area contributed by atoms with Gasteiger partial charge in [-0.25, -0.2) is 37.9 Å². The van der Waals surface area contributed by atoms with Crippen LogP contribution in [0.15, 0.2) is 59.8 Å². The Bertz CT molecular complexity index is 1660. The second-order valence-corrected chi connectivity index (χ2v) is 9.03. The van der Waals surface area contributed by atoms with E-state index >= 15 is 0 Å². The molecule has 0 bridgehead atoms. The van der Waals surface area contributed by atoms with Gasteiger partial charge in [-0.3, -0.25) is 4.57 Å². The topological polar surface area (TPSA) is 97.5 Å². The van der Waals surface area contributed by atoms with E-state index in [4.69, 9.17) is 0 Å². The number of H-pyrrole nitrogens is 1. The predicted octanol–water partition coefficient (Wildman–Crippen LogP) is 3.56. The van der Waals surface area contributed by atoms with Crippen molar-refractivity contribution in [1.29, 1.82) is 0 Å². The lowest BCUT2D eigenvalue weighted by atomic mass is 10.1. The fraction of sp³-hybridized carbons (Fsp3) is 0.240. The first-order valence-electron chi connectivity index (χ1n) is 11.5. The molecule has 0 radical (unpaired) electrons. The normalized spacial score (nSPS) is 14.8. The molecule has 0 amide bonds. The maximum atomic E-state index is 13.5. The summed E-state index contributed by atoms with van der Waals surface area (Å²) in [7, 11) is 1.80. The first-order chi connectivity index (χ1) is 17.8. The van der Waals surface area contributed by atoms with Crippen molar-refractivity contribution >= 4 is 17.0 Å². The van der Waals surface area contributed by atoms with Gasteiger partial charge in [0.05, 0.1) is 37.1 Å². The number of anilines is 1. The minimum atomic E-state index is -2.75. The van der Waals surface area contributed by atoms with Crippen molar-refractivity contribution in [3.05, 3.63) is 76.7 Å². The molecule has 1 aliphatic heterocycles. The van der Waals surface area contributed by atoms with Crippen molar-refractivity contribution in [3.63, 3.8) is 0 Å². The standard InChI is InChI=1S/C25H21F3N8O/c1-34-12-17(9-26)31-21(34)16-6-4-15(5-7-16)11-36-23-19(32-24(36)37)10-30-20(33-23)18-3-2-8-29-22(18)35-13-25(27,28)14-35/h2-8,10,12H,9,11,13-14H2,1H3,(H,32,37). The monoisotopic (exact) mass is 506 g/mol. The van der Waals surface area contributed by atoms with Gasteiger partial charge in [-0.05, 0) is 17.7 Å². The fourth-order valence-corrected chi connectivity index (χ4v) is 4.51. The Morgan fingerprint density at radius 3 is 2.57 bits per heavy atom. The van der Waals surface area contributed by atoms with E-state index in [2.05, 4.69) is 24.9 Å². The zero-order valence-corrected chi connectivity index (χ0v) is 19.7. The van der Waals surface area contributed by atoms with Gasteiger partial charge in [0.1, 0.15) is 23.8 Å². The van der Waals surface area contributed by atoms with Crippen molar-refractivity contribution in [1.82, 2.24) is 34.1 Å². The summed E-state index contributed by atoms with van der Waals surface area (Å²) in [4.78, 5) is 34.5. The summed E-state index contributed by atoms with van der Waals surface area (Å²) in [6, 6.07) is 10.9. The number of aryl methyl sites for hydroxylation is 1. The van der Waals surface area contributed by atoms with E-state index in [-0.39, 0.29) is 18.1 Å². The summed E-state index contributed by atoms with van der Waals surface area (Å²) in [5.41, 5.74) is 3.03. The molecule has 0 saturated carbocycles. The molecule has 5 heterocycles. The molecule has 1 aromatic carbocycles. The number of halogens is 3. The van der Waals surface area contributed by atoms with Crippen LogP contribution in [-0.2, 0) is 20.3 Å². The van der Waals surface area contributed by atoms with Gasteiger partial charge in [-0.1, -0.05) is 24.3 Å². The molecule has 188 valence electrons. The molecule has 1 fully saturated rings. The van der Waals surface area contributed by atoms with Crippen molar-refractivity contribution < 1.29 is 13.2 Å². The molecule has 1 saturated heterocycles. The number of aromatic nitrogens is 7. The highest BCUT2D eigenvalue weighted by Gasteiger charge is 2.45. The highest BCUT2D eigenvalue weighted by atomic mass is 19.3. The summed E-state index contributed by atoms with van der Waals surface area (Å²) in [6.45, 7) is -1.23. The molecule has 6 rings (SSSR count). The largest absolute Gasteiger partial charge is 0.344 e. The maximum Gasteiger partial charge on any atom is 0.328 e. The fourth-order valence-electron chi connectivity index (χ4n) is 4.51. The molecule has 0 spiro atoms. The van der Waals surface area contributed by atoms with Crippen LogP contribution in [-0.4, -0.2) is 53.1 Å². The smallest absolute Gasteiger partial charge is 0.328 e. The molecule has 0 unspecified atom stereocenters. The number of nitrogens with one attached hydrogen (secondary N) is 1. The van der Waals surface area contributed by atoms with Crippen LogP contribution in [0.3, 0.4) is 0 Å². The highest BCUT2D eigenvalue weighted by molar-refractivity contribution is 5.77. The third-order valence-electron chi connectivity index (χ3n) is 6.30. The Morgan fingerprint density at radius 2 is 1.86 bits per heavy atom. The average Bonchev–Trinajstić information content (AvgIpc) is 3.41. The highest BCUT2D eigenvalue weighted by Crippen LogP contribution is 2.35. The van der Waals surface area contributed by atoms with Gasteiger partial charge in [-0.15, -0.1) is 0 Å². The molecule has 1 aliphatic rings. The lowest BCUT2D eigenvalue weighted by Crippen LogP contribution is -2.56. The summed E-state index contributed by atoms with van der Waals surface area (Å²) < 4.78 is 43.2. The number of aromatic amines is 1. The van der Waals surface area contributed by atoms with Crippen LogP contribution in [0.2, 0.25) is 0 Å². The van der Waals surface area contributed by atoms with Crippen LogP contribution in [0.4, 0.5) is 19.0 Å². The Kier molecular flexibility index (Phi) is 5.32. The number of imidazole rings is 2. The van der Waals surface area contributed by atoms with Crippen LogP contribution < -0.4 is 10.6 Å². The molecule has 12 heteroatoms. The van der Waals surface area contributed by atoms with E-state index < -0.39 is 25.7 Å². The van der Waals surface area contributed by atoms with E-state index in [9.17, 15) is 18.0 Å². The number of pyridine rings is 1. The van der Waals surface area contributed by atoms with Crippen LogP contribution in [0, 0.1) is 0 Å². The summed E-state index contributed by atoms with van der Waals surface area (Å²) in [5.74, 6) is -1.44. The lowest BCUT2D eigenvalue weighted by molar-refractivity contribution is -0.0266. The molecule has 4 aromatic heterocycles. The van der Waals surface area contributed by atoms with Crippen molar-refractivity contribution in [2.45, 2.75) is 19.1 Å². The van der Waals surface area contributed by atoms with E-state index in [1.54, 1.807) is 29.9 Å². The summed E-state index contributed by atoms with van der Waals surface area (Å²) >= 11 is 0. The molecule has 1 N–H and O–H groups in total. The second kappa shape index (κ2) is 8.57. The predicted molar refractivity (Wildman–Crippen MR) is 131 cm³/mol. The average molecular weight is 506 g/mol. The SMILES string of the molecule is Cn1cc(CF)nc1-c1ccc(Cn2c(=O)[nH]c3cnc(-c4cccnc4N4CC(F)(F)C4)nc32)cc1. The number of nitrogens with zero attached hydrogens (tertiary/aromatic N) is 7. The van der Waals surface area contributed by atoms with Crippen LogP contribution in [0.25, 0.3) is 33.9 Å². The van der Waals surface area contributed by atoms with Crippen LogP contribution >= 0.6 is 0 Å². The number of benzene rings is 1. The first kappa shape index (κ1) is 23.0. The molecule has 37 heavy (non-hydrogen) atoms. The van der Waals surface area contributed by atoms with Gasteiger partial charge in [0.25, 0.3) is 5.92 Å². The number of fused-ring (bicyclic) bond motifs is 1. The second-order valence-electron chi connectivity index (χ2n) is 9.03. The van der Waals surface area contributed by atoms with Gasteiger partial charge in [0.15, 0.2) is 11.5 Å². The molecular formula is C25H21F3N8O. The van der Waals surface area contributed by atoms with E-state index in [0.29, 0.717) is 34.1 Å². The van der Waals surface area contributed by atoms with Crippen LogP contribution in [0.1, 0.15) is 11.3 Å². The summed E-state index contributed by atoms with van der Waals surface area (Å²) in [5, 5.41) is 0. The lowest BCUT2D eigenvalue weighted by Gasteiger charge is -2.40. The number of hydrogen-bond acceptors (Lipinski definition) is 6. The summed E-state index contributed by atoms with van der Waals surface area (Å²) in [6.07, 6.45) is 4.68.